The van der Waals surface area contributed by atoms with E-state index in [0.717, 1.165) is 0 Å². The molecular formula is C12H19N3O4S. The molecule has 8 heteroatoms. The van der Waals surface area contributed by atoms with Gasteiger partial charge in [-0.3, -0.25) is 10.6 Å². The van der Waals surface area contributed by atoms with Gasteiger partial charge in [0.2, 0.25) is 5.91 Å². The number of hydrogen-bond donors (Lipinski definition) is 3. The normalized spacial score (nSPS) is 12.1. The summed E-state index contributed by atoms with van der Waals surface area (Å²) in [6, 6.07) is 4.20. The molecule has 0 saturated heterocycles. The molecule has 112 valence electrons. The minimum Gasteiger partial charge on any atom is -0.495 e. The van der Waals surface area contributed by atoms with Gasteiger partial charge in [-0.2, -0.15) is 0 Å². The number of nitrogens with two attached hydrogens (primary N) is 1. The maximum atomic E-state index is 11.9. The molecule has 1 aromatic rings. The van der Waals surface area contributed by atoms with Crippen LogP contribution in [0, 0.1) is 5.41 Å². The van der Waals surface area contributed by atoms with Crippen LogP contribution in [-0.2, 0) is 14.8 Å². The number of ether oxygens (including phenoxy) is 1. The molecule has 0 spiro atoms. The number of methoxy groups -OCH3 is 1. The number of nitrogens with one attached hydrogen (secondary N) is 2. The number of hydrazine groups is 1. The van der Waals surface area contributed by atoms with Gasteiger partial charge in [0.15, 0.2) is 0 Å². The van der Waals surface area contributed by atoms with Crippen molar-refractivity contribution in [1.82, 2.24) is 4.83 Å². The van der Waals surface area contributed by atoms with E-state index in [2.05, 4.69) is 5.32 Å². The van der Waals surface area contributed by atoms with E-state index in [-0.39, 0.29) is 16.6 Å². The number of rotatable bonds is 4. The number of carbonyl (C=O) groups is 1. The average molecular weight is 301 g/mol. The van der Waals surface area contributed by atoms with E-state index in [1.54, 1.807) is 25.6 Å². The highest BCUT2D eigenvalue weighted by molar-refractivity contribution is 7.89. The van der Waals surface area contributed by atoms with Crippen molar-refractivity contribution in [3.8, 4) is 5.75 Å². The smallest absolute Gasteiger partial charge is 0.256 e. The van der Waals surface area contributed by atoms with Crippen molar-refractivity contribution >= 4 is 21.6 Å². The summed E-state index contributed by atoms with van der Waals surface area (Å²) in [6.07, 6.45) is 0. The summed E-state index contributed by atoms with van der Waals surface area (Å²) >= 11 is 0. The topological polar surface area (TPSA) is 111 Å². The molecule has 0 atom stereocenters. The van der Waals surface area contributed by atoms with Gasteiger partial charge in [0.05, 0.1) is 7.11 Å². The molecule has 1 aromatic carbocycles. The van der Waals surface area contributed by atoms with Crippen molar-refractivity contribution < 1.29 is 17.9 Å². The number of anilines is 1. The molecule has 0 saturated carbocycles. The van der Waals surface area contributed by atoms with Crippen LogP contribution in [0.3, 0.4) is 0 Å². The van der Waals surface area contributed by atoms with Gasteiger partial charge in [-0.25, -0.2) is 8.42 Å². The van der Waals surface area contributed by atoms with Crippen molar-refractivity contribution in [2.24, 2.45) is 11.3 Å². The average Bonchev–Trinajstić information content (AvgIpc) is 2.37. The fourth-order valence-electron chi connectivity index (χ4n) is 1.35. The van der Waals surface area contributed by atoms with Crippen LogP contribution in [0.25, 0.3) is 0 Å². The highest BCUT2D eigenvalue weighted by Crippen LogP contribution is 2.27. The summed E-state index contributed by atoms with van der Waals surface area (Å²) in [4.78, 5) is 13.5. The third-order valence-corrected chi connectivity index (χ3v) is 3.77. The molecule has 0 unspecified atom stereocenters. The largest absolute Gasteiger partial charge is 0.495 e. The zero-order chi connectivity index (χ0) is 15.6. The monoisotopic (exact) mass is 301 g/mol. The quantitative estimate of drug-likeness (QED) is 0.563. The third-order valence-electron chi connectivity index (χ3n) is 2.55. The summed E-state index contributed by atoms with van der Waals surface area (Å²) in [5.41, 5.74) is -0.116. The summed E-state index contributed by atoms with van der Waals surface area (Å²) in [7, 11) is -2.49. The van der Waals surface area contributed by atoms with Gasteiger partial charge in [0.25, 0.3) is 10.0 Å². The molecule has 0 aliphatic heterocycles. The lowest BCUT2D eigenvalue weighted by Gasteiger charge is -2.18. The molecule has 0 aliphatic carbocycles. The van der Waals surface area contributed by atoms with Gasteiger partial charge in [-0.1, -0.05) is 20.8 Å². The lowest BCUT2D eigenvalue weighted by Crippen LogP contribution is -2.30. The van der Waals surface area contributed by atoms with Crippen LogP contribution >= 0.6 is 0 Å². The molecule has 0 bridgehead atoms. The Bertz CT molecular complexity index is 606. The maximum absolute atomic E-state index is 11.9. The molecule has 1 amide bonds. The number of sulfonamides is 1. The van der Waals surface area contributed by atoms with Crippen LogP contribution in [0.1, 0.15) is 20.8 Å². The first-order valence-corrected chi connectivity index (χ1v) is 7.32. The van der Waals surface area contributed by atoms with Gasteiger partial charge in [-0.15, -0.1) is 4.83 Å². The summed E-state index contributed by atoms with van der Waals surface area (Å²) in [5.74, 6) is 4.88. The van der Waals surface area contributed by atoms with E-state index in [1.807, 2.05) is 0 Å². The van der Waals surface area contributed by atoms with Gasteiger partial charge >= 0.3 is 0 Å². The highest BCUT2D eigenvalue weighted by atomic mass is 32.2. The van der Waals surface area contributed by atoms with Gasteiger partial charge in [-0.05, 0) is 12.1 Å². The second kappa shape index (κ2) is 5.78. The predicted molar refractivity (Wildman–Crippen MR) is 75.6 cm³/mol. The fraction of sp³-hybridized carbons (Fsp3) is 0.417. The first-order chi connectivity index (χ1) is 9.11. The Balaban J connectivity index is 3.15. The summed E-state index contributed by atoms with van der Waals surface area (Å²) in [6.45, 7) is 5.32. The number of amides is 1. The Morgan fingerprint density at radius 2 is 1.90 bits per heavy atom. The zero-order valence-corrected chi connectivity index (χ0v) is 12.7. The van der Waals surface area contributed by atoms with Gasteiger partial charge in [0, 0.05) is 17.2 Å². The second-order valence-electron chi connectivity index (χ2n) is 5.19. The molecule has 0 heterocycles. The van der Waals surface area contributed by atoms with Gasteiger partial charge < -0.3 is 10.1 Å². The van der Waals surface area contributed by atoms with Crippen LogP contribution in [-0.4, -0.2) is 21.4 Å². The Morgan fingerprint density at radius 3 is 2.35 bits per heavy atom. The molecule has 0 fully saturated rings. The number of carbonyl (C=O) groups excluding carboxylic acids is 1. The van der Waals surface area contributed by atoms with E-state index < -0.39 is 15.4 Å². The molecular weight excluding hydrogens is 282 g/mol. The number of benzene rings is 1. The van der Waals surface area contributed by atoms with E-state index in [0.29, 0.717) is 5.69 Å². The van der Waals surface area contributed by atoms with E-state index in [9.17, 15) is 13.2 Å². The van der Waals surface area contributed by atoms with Crippen LogP contribution < -0.4 is 20.7 Å². The van der Waals surface area contributed by atoms with Crippen molar-refractivity contribution in [2.75, 3.05) is 12.4 Å². The third kappa shape index (κ3) is 3.69. The van der Waals surface area contributed by atoms with Crippen LogP contribution in [0.2, 0.25) is 0 Å². The maximum Gasteiger partial charge on any atom is 0.256 e. The standard InChI is InChI=1S/C12H19N3O4S/c1-12(2,3)11(16)14-8-5-6-10(9(7-8)19-4)20(17,18)15-13/h5-7,15H,13H2,1-4H3,(H,14,16). The SMILES string of the molecule is COc1cc(NC(=O)C(C)(C)C)ccc1S(=O)(=O)NN. The Hall–Kier alpha value is -1.64. The zero-order valence-electron chi connectivity index (χ0n) is 11.9. The highest BCUT2D eigenvalue weighted by Gasteiger charge is 2.23. The van der Waals surface area contributed by atoms with Crippen molar-refractivity contribution in [1.29, 1.82) is 0 Å². The number of hydrogen-bond acceptors (Lipinski definition) is 5. The van der Waals surface area contributed by atoms with Crippen molar-refractivity contribution in [3.05, 3.63) is 18.2 Å². The lowest BCUT2D eigenvalue weighted by molar-refractivity contribution is -0.123. The van der Waals surface area contributed by atoms with Gasteiger partial charge in [0.1, 0.15) is 10.6 Å². The molecule has 4 N–H and O–H groups in total. The Morgan fingerprint density at radius 1 is 1.30 bits per heavy atom. The van der Waals surface area contributed by atoms with Crippen molar-refractivity contribution in [3.63, 3.8) is 0 Å². The van der Waals surface area contributed by atoms with Crippen LogP contribution in [0.4, 0.5) is 5.69 Å². The molecule has 0 aliphatic rings. The molecule has 1 rings (SSSR count). The second-order valence-corrected chi connectivity index (χ2v) is 6.87. The summed E-state index contributed by atoms with van der Waals surface area (Å²) < 4.78 is 28.4. The van der Waals surface area contributed by atoms with Crippen LogP contribution in [0.5, 0.6) is 5.75 Å². The first kappa shape index (κ1) is 16.4. The first-order valence-electron chi connectivity index (χ1n) is 5.83. The molecule has 20 heavy (non-hydrogen) atoms. The Labute approximate surface area is 118 Å². The molecule has 7 nitrogen and oxygen atoms in total. The molecule has 0 radical (unpaired) electrons. The van der Waals surface area contributed by atoms with E-state index >= 15 is 0 Å². The van der Waals surface area contributed by atoms with Crippen molar-refractivity contribution in [2.45, 2.75) is 25.7 Å². The molecule has 0 aromatic heterocycles. The fourth-order valence-corrected chi connectivity index (χ4v) is 2.13. The minimum atomic E-state index is -3.82. The minimum absolute atomic E-state index is 0.0923. The lowest BCUT2D eigenvalue weighted by atomic mass is 9.95. The van der Waals surface area contributed by atoms with E-state index in [1.165, 1.54) is 25.3 Å². The Kier molecular flexibility index (Phi) is 4.74. The van der Waals surface area contributed by atoms with E-state index in [4.69, 9.17) is 10.6 Å². The summed E-state index contributed by atoms with van der Waals surface area (Å²) in [5, 5.41) is 2.69. The predicted octanol–water partition coefficient (Wildman–Crippen LogP) is 0.832. The van der Waals surface area contributed by atoms with Crippen LogP contribution in [0.15, 0.2) is 23.1 Å².